The zero-order valence-corrected chi connectivity index (χ0v) is 12.1. The molecule has 6 heteroatoms. The van der Waals surface area contributed by atoms with E-state index < -0.39 is 4.92 Å². The Morgan fingerprint density at radius 1 is 1.40 bits per heavy atom. The summed E-state index contributed by atoms with van der Waals surface area (Å²) in [7, 11) is 0. The van der Waals surface area contributed by atoms with Crippen LogP contribution in [-0.2, 0) is 0 Å². The second kappa shape index (κ2) is 7.47. The summed E-state index contributed by atoms with van der Waals surface area (Å²) in [6.07, 6.45) is 0.819. The number of hydrogen-bond donors (Lipinski definition) is 2. The van der Waals surface area contributed by atoms with Crippen LogP contribution in [-0.4, -0.2) is 23.9 Å². The number of rotatable bonds is 7. The SMILES string of the molecule is CCCNc1c(C(=O)NCC(C)C)cccc1[N+](=O)[O-]. The van der Waals surface area contributed by atoms with E-state index in [9.17, 15) is 14.9 Å². The molecule has 0 bridgehead atoms. The molecule has 0 aliphatic carbocycles. The highest BCUT2D eigenvalue weighted by atomic mass is 16.6. The Bertz CT molecular complexity index is 487. The molecule has 0 aromatic heterocycles. The number of para-hydroxylation sites is 1. The van der Waals surface area contributed by atoms with Gasteiger partial charge in [0.25, 0.3) is 11.6 Å². The minimum Gasteiger partial charge on any atom is -0.379 e. The fraction of sp³-hybridized carbons (Fsp3) is 0.500. The average molecular weight is 279 g/mol. The van der Waals surface area contributed by atoms with Crippen molar-refractivity contribution in [3.05, 3.63) is 33.9 Å². The van der Waals surface area contributed by atoms with Crippen LogP contribution in [0.5, 0.6) is 0 Å². The third-order valence-corrected chi connectivity index (χ3v) is 2.71. The van der Waals surface area contributed by atoms with Crippen molar-refractivity contribution in [2.45, 2.75) is 27.2 Å². The highest BCUT2D eigenvalue weighted by molar-refractivity contribution is 6.01. The highest BCUT2D eigenvalue weighted by Gasteiger charge is 2.21. The van der Waals surface area contributed by atoms with E-state index in [1.165, 1.54) is 12.1 Å². The van der Waals surface area contributed by atoms with Crippen LogP contribution in [0.25, 0.3) is 0 Å². The molecule has 0 radical (unpaired) electrons. The second-order valence-corrected chi connectivity index (χ2v) is 4.99. The summed E-state index contributed by atoms with van der Waals surface area (Å²) in [5.41, 5.74) is 0.532. The lowest BCUT2D eigenvalue weighted by molar-refractivity contribution is -0.384. The van der Waals surface area contributed by atoms with Crippen LogP contribution in [0.2, 0.25) is 0 Å². The van der Waals surface area contributed by atoms with Gasteiger partial charge in [-0.05, 0) is 18.4 Å². The molecule has 0 heterocycles. The molecule has 1 aromatic carbocycles. The quantitative estimate of drug-likeness (QED) is 0.593. The molecule has 0 aliphatic rings. The van der Waals surface area contributed by atoms with Crippen molar-refractivity contribution < 1.29 is 9.72 Å². The van der Waals surface area contributed by atoms with Crippen LogP contribution in [0.1, 0.15) is 37.6 Å². The monoisotopic (exact) mass is 279 g/mol. The smallest absolute Gasteiger partial charge is 0.293 e. The Morgan fingerprint density at radius 3 is 2.65 bits per heavy atom. The number of hydrogen-bond acceptors (Lipinski definition) is 4. The summed E-state index contributed by atoms with van der Waals surface area (Å²) < 4.78 is 0. The number of nitro benzene ring substituents is 1. The molecule has 2 N–H and O–H groups in total. The lowest BCUT2D eigenvalue weighted by Gasteiger charge is -2.13. The van der Waals surface area contributed by atoms with E-state index in [-0.39, 0.29) is 11.6 Å². The van der Waals surface area contributed by atoms with Gasteiger partial charge in [0.15, 0.2) is 0 Å². The molecule has 20 heavy (non-hydrogen) atoms. The topological polar surface area (TPSA) is 84.3 Å². The van der Waals surface area contributed by atoms with E-state index in [4.69, 9.17) is 0 Å². The molecule has 6 nitrogen and oxygen atoms in total. The zero-order chi connectivity index (χ0) is 15.1. The van der Waals surface area contributed by atoms with Crippen LogP contribution < -0.4 is 10.6 Å². The number of anilines is 1. The summed E-state index contributed by atoms with van der Waals surface area (Å²) in [6.45, 7) is 7.05. The fourth-order valence-corrected chi connectivity index (χ4v) is 1.71. The van der Waals surface area contributed by atoms with Gasteiger partial charge in [0.1, 0.15) is 5.69 Å². The first-order valence-electron chi connectivity index (χ1n) is 6.76. The Hall–Kier alpha value is -2.11. The van der Waals surface area contributed by atoms with Crippen molar-refractivity contribution in [1.82, 2.24) is 5.32 Å². The van der Waals surface area contributed by atoms with Crippen LogP contribution in [0, 0.1) is 16.0 Å². The van der Waals surface area contributed by atoms with Crippen molar-refractivity contribution >= 4 is 17.3 Å². The van der Waals surface area contributed by atoms with Crippen molar-refractivity contribution in [2.24, 2.45) is 5.92 Å². The number of nitrogens with one attached hydrogen (secondary N) is 2. The van der Waals surface area contributed by atoms with Gasteiger partial charge in [-0.2, -0.15) is 0 Å². The van der Waals surface area contributed by atoms with E-state index in [2.05, 4.69) is 10.6 Å². The van der Waals surface area contributed by atoms with E-state index >= 15 is 0 Å². The highest BCUT2D eigenvalue weighted by Crippen LogP contribution is 2.28. The number of nitrogens with zero attached hydrogens (tertiary/aromatic N) is 1. The maximum Gasteiger partial charge on any atom is 0.293 e. The van der Waals surface area contributed by atoms with Gasteiger partial charge in [0, 0.05) is 19.2 Å². The number of carbonyl (C=O) groups is 1. The second-order valence-electron chi connectivity index (χ2n) is 4.99. The first-order valence-corrected chi connectivity index (χ1v) is 6.76. The van der Waals surface area contributed by atoms with Crippen LogP contribution >= 0.6 is 0 Å². The van der Waals surface area contributed by atoms with Crippen molar-refractivity contribution in [3.63, 3.8) is 0 Å². The molecule has 0 atom stereocenters. The Morgan fingerprint density at radius 2 is 2.10 bits per heavy atom. The minimum atomic E-state index is -0.475. The zero-order valence-electron chi connectivity index (χ0n) is 12.1. The first kappa shape index (κ1) is 15.9. The van der Waals surface area contributed by atoms with E-state index in [1.54, 1.807) is 6.07 Å². The van der Waals surface area contributed by atoms with Crippen molar-refractivity contribution in [3.8, 4) is 0 Å². The third-order valence-electron chi connectivity index (χ3n) is 2.71. The van der Waals surface area contributed by atoms with Gasteiger partial charge in [-0.15, -0.1) is 0 Å². The van der Waals surface area contributed by atoms with E-state index in [0.29, 0.717) is 30.3 Å². The molecule has 0 saturated heterocycles. The summed E-state index contributed by atoms with van der Waals surface area (Å²) in [5.74, 6) is 0.0331. The number of nitro groups is 1. The van der Waals surface area contributed by atoms with Crippen LogP contribution in [0.15, 0.2) is 18.2 Å². The standard InChI is InChI=1S/C14H21N3O3/c1-4-8-15-13-11(14(18)16-9-10(2)3)6-5-7-12(13)17(19)20/h5-7,10,15H,4,8-9H2,1-3H3,(H,16,18). The van der Waals surface area contributed by atoms with Crippen LogP contribution in [0.3, 0.4) is 0 Å². The molecule has 0 fully saturated rings. The van der Waals surface area contributed by atoms with Gasteiger partial charge >= 0.3 is 0 Å². The predicted molar refractivity (Wildman–Crippen MR) is 79.0 cm³/mol. The summed E-state index contributed by atoms with van der Waals surface area (Å²) >= 11 is 0. The molecule has 1 rings (SSSR count). The summed E-state index contributed by atoms with van der Waals surface area (Å²) in [6, 6.07) is 4.53. The molecule has 0 spiro atoms. The predicted octanol–water partition coefficient (Wildman–Crippen LogP) is 2.80. The van der Waals surface area contributed by atoms with Gasteiger partial charge in [-0.25, -0.2) is 0 Å². The minimum absolute atomic E-state index is 0.0735. The summed E-state index contributed by atoms with van der Waals surface area (Å²) in [4.78, 5) is 22.7. The maximum absolute atomic E-state index is 12.1. The van der Waals surface area contributed by atoms with Gasteiger partial charge < -0.3 is 10.6 Å². The molecule has 110 valence electrons. The Labute approximate surface area is 118 Å². The first-order chi connectivity index (χ1) is 9.47. The third kappa shape index (κ3) is 4.22. The Kier molecular flexibility index (Phi) is 5.96. The normalized spacial score (nSPS) is 10.4. The van der Waals surface area contributed by atoms with Crippen LogP contribution in [0.4, 0.5) is 11.4 Å². The number of amides is 1. The number of carbonyl (C=O) groups excluding carboxylic acids is 1. The van der Waals surface area contributed by atoms with Crippen molar-refractivity contribution in [1.29, 1.82) is 0 Å². The summed E-state index contributed by atoms with van der Waals surface area (Å²) in [5, 5.41) is 16.8. The molecule has 0 saturated carbocycles. The van der Waals surface area contributed by atoms with Gasteiger partial charge in [-0.3, -0.25) is 14.9 Å². The molecule has 1 aromatic rings. The maximum atomic E-state index is 12.1. The molecule has 1 amide bonds. The largest absolute Gasteiger partial charge is 0.379 e. The average Bonchev–Trinajstić information content (AvgIpc) is 2.41. The van der Waals surface area contributed by atoms with Crippen molar-refractivity contribution in [2.75, 3.05) is 18.4 Å². The lowest BCUT2D eigenvalue weighted by Crippen LogP contribution is -2.28. The van der Waals surface area contributed by atoms with E-state index in [1.807, 2.05) is 20.8 Å². The van der Waals surface area contributed by atoms with Gasteiger partial charge in [0.05, 0.1) is 10.5 Å². The molecule has 0 aliphatic heterocycles. The fourth-order valence-electron chi connectivity index (χ4n) is 1.71. The van der Waals surface area contributed by atoms with Gasteiger partial charge in [0.2, 0.25) is 0 Å². The van der Waals surface area contributed by atoms with Gasteiger partial charge in [-0.1, -0.05) is 26.8 Å². The lowest BCUT2D eigenvalue weighted by atomic mass is 10.1. The molecule has 0 unspecified atom stereocenters. The molecular formula is C14H21N3O3. The number of benzene rings is 1. The Balaban J connectivity index is 3.07. The van der Waals surface area contributed by atoms with E-state index in [0.717, 1.165) is 6.42 Å². The molecular weight excluding hydrogens is 258 g/mol.